The van der Waals surface area contributed by atoms with Crippen LogP contribution in [-0.4, -0.2) is 61.6 Å². The largest absolute Gasteiger partial charge is 0.478 e. The van der Waals surface area contributed by atoms with Gasteiger partial charge in [0.1, 0.15) is 22.3 Å². The summed E-state index contributed by atoms with van der Waals surface area (Å²) in [5.41, 5.74) is 0.347. The van der Waals surface area contributed by atoms with Gasteiger partial charge in [0.25, 0.3) is 10.0 Å². The van der Waals surface area contributed by atoms with E-state index in [4.69, 9.17) is 0 Å². The molecular weight excluding hydrogens is 502 g/mol. The first-order chi connectivity index (χ1) is 17.4. The molecule has 0 aliphatic carbocycles. The van der Waals surface area contributed by atoms with Crippen molar-refractivity contribution < 1.29 is 27.1 Å². The van der Waals surface area contributed by atoms with Gasteiger partial charge in [-0.2, -0.15) is 0 Å². The third kappa shape index (κ3) is 5.99. The second-order valence-electron chi connectivity index (χ2n) is 9.75. The lowest BCUT2D eigenvalue weighted by Crippen LogP contribution is -2.50. The number of aromatic carboxylic acids is 1. The van der Waals surface area contributed by atoms with E-state index in [2.05, 4.69) is 35.4 Å². The summed E-state index contributed by atoms with van der Waals surface area (Å²) >= 11 is 0. The van der Waals surface area contributed by atoms with E-state index in [1.54, 1.807) is 0 Å². The first-order valence-electron chi connectivity index (χ1n) is 12.1. The molecule has 0 amide bonds. The number of rotatable bonds is 8. The van der Waals surface area contributed by atoms with Crippen LogP contribution in [0.5, 0.6) is 0 Å². The smallest absolute Gasteiger partial charge is 0.336 e. The first-order valence-corrected chi connectivity index (χ1v) is 13.6. The number of hydrogen-bond acceptors (Lipinski definition) is 6. The molecule has 1 aliphatic heterocycles. The molecule has 1 aliphatic rings. The fourth-order valence-corrected chi connectivity index (χ4v) is 5.87. The average Bonchev–Trinajstić information content (AvgIpc) is 2.84. The lowest BCUT2D eigenvalue weighted by Gasteiger charge is -2.39. The van der Waals surface area contributed by atoms with E-state index in [-0.39, 0.29) is 16.6 Å². The molecule has 198 valence electrons. The van der Waals surface area contributed by atoms with E-state index in [1.807, 2.05) is 4.90 Å². The first kappa shape index (κ1) is 26.7. The summed E-state index contributed by atoms with van der Waals surface area (Å²) in [6.45, 7) is 9.72. The van der Waals surface area contributed by atoms with Crippen molar-refractivity contribution in [2.45, 2.75) is 38.1 Å². The summed E-state index contributed by atoms with van der Waals surface area (Å²) in [6, 6.07) is 8.32. The third-order valence-corrected chi connectivity index (χ3v) is 7.93. The fraction of sp³-hybridized carbons (Fsp3) is 0.385. The Hall–Kier alpha value is -3.31. The minimum atomic E-state index is -4.46. The lowest BCUT2D eigenvalue weighted by molar-refractivity contribution is 0.0699. The summed E-state index contributed by atoms with van der Waals surface area (Å²) in [5, 5.41) is 10.1. The summed E-state index contributed by atoms with van der Waals surface area (Å²) in [6.07, 6.45) is 1.11. The van der Waals surface area contributed by atoms with Gasteiger partial charge in [0, 0.05) is 43.3 Å². The number of halogens is 2. The number of benzene rings is 2. The molecule has 3 aromatic rings. The van der Waals surface area contributed by atoms with Gasteiger partial charge in [-0.3, -0.25) is 9.62 Å². The number of sulfonamides is 1. The van der Waals surface area contributed by atoms with Crippen LogP contribution in [0.3, 0.4) is 0 Å². The summed E-state index contributed by atoms with van der Waals surface area (Å²) in [7, 11) is -4.46. The van der Waals surface area contributed by atoms with Crippen molar-refractivity contribution in [1.82, 2.24) is 9.88 Å². The molecule has 4 rings (SSSR count). The van der Waals surface area contributed by atoms with Crippen molar-refractivity contribution in [2.24, 2.45) is 5.92 Å². The van der Waals surface area contributed by atoms with Gasteiger partial charge in [0.2, 0.25) is 0 Å². The third-order valence-electron chi connectivity index (χ3n) is 6.53. The maximum absolute atomic E-state index is 14.1. The molecule has 1 saturated heterocycles. The molecular formula is C26H30F2N4O4S. The van der Waals surface area contributed by atoms with Gasteiger partial charge >= 0.3 is 5.97 Å². The highest BCUT2D eigenvalue weighted by molar-refractivity contribution is 7.92. The van der Waals surface area contributed by atoms with Crippen LogP contribution in [0.25, 0.3) is 10.9 Å². The Morgan fingerprint density at radius 1 is 1.05 bits per heavy atom. The second kappa shape index (κ2) is 10.6. The molecule has 0 bridgehead atoms. The van der Waals surface area contributed by atoms with Gasteiger partial charge in [0.15, 0.2) is 0 Å². The highest BCUT2D eigenvalue weighted by atomic mass is 32.2. The molecule has 0 saturated carbocycles. The van der Waals surface area contributed by atoms with Crippen LogP contribution in [0.1, 0.15) is 37.6 Å². The standard InChI is InChI=1S/C26H30F2N4O4S/c1-16(2)12-17(3)31-8-10-32(11-9-31)25-15-21(26(33)34)20-14-19(5-7-23(20)29-25)30-37(35,36)24-13-18(27)4-6-22(24)28/h4-7,13-17,30H,8-12H2,1-3H3,(H,33,34). The Kier molecular flexibility index (Phi) is 7.65. The van der Waals surface area contributed by atoms with Crippen molar-refractivity contribution >= 4 is 38.4 Å². The molecule has 1 atom stereocenters. The number of fused-ring (bicyclic) bond motifs is 1. The van der Waals surface area contributed by atoms with Crippen LogP contribution >= 0.6 is 0 Å². The molecule has 11 heteroatoms. The quantitative estimate of drug-likeness (QED) is 0.438. The Bertz CT molecular complexity index is 1420. The maximum Gasteiger partial charge on any atom is 0.336 e. The van der Waals surface area contributed by atoms with Crippen LogP contribution in [0.4, 0.5) is 20.3 Å². The van der Waals surface area contributed by atoms with E-state index in [0.29, 0.717) is 42.5 Å². The van der Waals surface area contributed by atoms with Gasteiger partial charge < -0.3 is 10.0 Å². The summed E-state index contributed by atoms with van der Waals surface area (Å²) in [5.74, 6) is -2.05. The van der Waals surface area contributed by atoms with Crippen molar-refractivity contribution in [2.75, 3.05) is 35.8 Å². The maximum atomic E-state index is 14.1. The van der Waals surface area contributed by atoms with Crippen molar-refractivity contribution in [1.29, 1.82) is 0 Å². The molecule has 2 N–H and O–H groups in total. The van der Waals surface area contributed by atoms with Gasteiger partial charge in [-0.25, -0.2) is 27.0 Å². The predicted molar refractivity (Wildman–Crippen MR) is 139 cm³/mol. The second-order valence-corrected chi connectivity index (χ2v) is 11.4. The molecule has 2 heterocycles. The number of piperazine rings is 1. The van der Waals surface area contributed by atoms with Gasteiger partial charge in [-0.1, -0.05) is 13.8 Å². The fourth-order valence-electron chi connectivity index (χ4n) is 4.73. The molecule has 2 aromatic carbocycles. The molecule has 0 spiro atoms. The number of aromatic nitrogens is 1. The number of pyridine rings is 1. The number of carbonyl (C=O) groups is 1. The van der Waals surface area contributed by atoms with Crippen LogP contribution in [0.15, 0.2) is 47.4 Å². The minimum Gasteiger partial charge on any atom is -0.478 e. The number of carboxylic acids is 1. The molecule has 1 fully saturated rings. The van der Waals surface area contributed by atoms with Gasteiger partial charge in [0.05, 0.1) is 11.1 Å². The van der Waals surface area contributed by atoms with Crippen LogP contribution in [0, 0.1) is 17.6 Å². The molecule has 1 aromatic heterocycles. The van der Waals surface area contributed by atoms with E-state index < -0.39 is 32.5 Å². The Morgan fingerprint density at radius 3 is 2.41 bits per heavy atom. The zero-order valence-corrected chi connectivity index (χ0v) is 21.7. The molecule has 1 unspecified atom stereocenters. The summed E-state index contributed by atoms with van der Waals surface area (Å²) < 4.78 is 55.1. The number of carboxylic acid groups (broad SMARTS) is 1. The summed E-state index contributed by atoms with van der Waals surface area (Å²) in [4.78, 5) is 20.4. The highest BCUT2D eigenvalue weighted by Crippen LogP contribution is 2.28. The van der Waals surface area contributed by atoms with Gasteiger partial charge in [-0.05, 0) is 61.7 Å². The van der Waals surface area contributed by atoms with Crippen LogP contribution < -0.4 is 9.62 Å². The Morgan fingerprint density at radius 2 is 1.76 bits per heavy atom. The zero-order chi connectivity index (χ0) is 26.9. The zero-order valence-electron chi connectivity index (χ0n) is 20.9. The highest BCUT2D eigenvalue weighted by Gasteiger charge is 2.25. The molecule has 8 nitrogen and oxygen atoms in total. The Labute approximate surface area is 215 Å². The SMILES string of the molecule is CC(C)CC(C)N1CCN(c2cc(C(=O)O)c3cc(NS(=O)(=O)c4cc(F)ccc4F)ccc3n2)CC1. The van der Waals surface area contributed by atoms with E-state index in [1.165, 1.54) is 24.3 Å². The monoisotopic (exact) mass is 532 g/mol. The topological polar surface area (TPSA) is 103 Å². The molecule has 37 heavy (non-hydrogen) atoms. The van der Waals surface area contributed by atoms with Gasteiger partial charge in [-0.15, -0.1) is 0 Å². The van der Waals surface area contributed by atoms with Crippen molar-refractivity contribution in [3.63, 3.8) is 0 Å². The predicted octanol–water partition coefficient (Wildman–Crippen LogP) is 4.57. The number of anilines is 2. The number of hydrogen-bond donors (Lipinski definition) is 2. The van der Waals surface area contributed by atoms with E-state index in [9.17, 15) is 27.1 Å². The van der Waals surface area contributed by atoms with Crippen molar-refractivity contribution in [3.05, 3.63) is 59.7 Å². The number of nitrogens with one attached hydrogen (secondary N) is 1. The number of nitrogens with zero attached hydrogens (tertiary/aromatic N) is 3. The van der Waals surface area contributed by atoms with Crippen LogP contribution in [0.2, 0.25) is 0 Å². The van der Waals surface area contributed by atoms with Crippen LogP contribution in [-0.2, 0) is 10.0 Å². The van der Waals surface area contributed by atoms with Crippen molar-refractivity contribution in [3.8, 4) is 0 Å². The molecule has 0 radical (unpaired) electrons. The lowest BCUT2D eigenvalue weighted by atomic mass is 10.0. The van der Waals surface area contributed by atoms with E-state index in [0.717, 1.165) is 31.6 Å². The van der Waals surface area contributed by atoms with E-state index >= 15 is 0 Å². The average molecular weight is 533 g/mol. The Balaban J connectivity index is 1.60. The normalized spacial score (nSPS) is 15.8. The minimum absolute atomic E-state index is 0.000894.